The summed E-state index contributed by atoms with van der Waals surface area (Å²) in [6, 6.07) is 23.7. The standard InChI is InChI=1S/C38H39N7O4S/c1-3-24-10-6-7-19-39-34(46)28-11-8-14-31(43-28)37(49)42-23-26-18-17-25(20-27(26)38-45(2)32-15-4-5-16-33(32)50-38)22-41-36(48)30-13-9-12-29(44-30)35(47)40-21-24/h4-5,8-9,11-18,20,24H,3,6-7,10,19,21-23H2,1-2H3,(H3-,39,40,41,42,46,47,48,49)/p+1/t24-/m1/s1. The van der Waals surface area contributed by atoms with Gasteiger partial charge in [0, 0.05) is 32.2 Å². The van der Waals surface area contributed by atoms with Gasteiger partial charge in [0.2, 0.25) is 5.52 Å². The predicted molar refractivity (Wildman–Crippen MR) is 192 cm³/mol. The van der Waals surface area contributed by atoms with Crippen molar-refractivity contribution in [1.82, 2.24) is 31.2 Å². The Morgan fingerprint density at radius 1 is 0.720 bits per heavy atom. The molecule has 0 radical (unpaired) electrons. The number of hydrogen-bond acceptors (Lipinski definition) is 7. The van der Waals surface area contributed by atoms with Gasteiger partial charge in [0.15, 0.2) is 0 Å². The van der Waals surface area contributed by atoms with E-state index in [1.165, 1.54) is 0 Å². The Kier molecular flexibility index (Phi) is 10.9. The van der Waals surface area contributed by atoms with E-state index < -0.39 is 5.91 Å². The number of benzene rings is 2. The van der Waals surface area contributed by atoms with E-state index in [1.807, 2.05) is 37.4 Å². The SMILES string of the molecule is CC[C@@H]1CCCCNC(=O)c2cccc(n2)C(=O)NCc2ccc(cc2-c2sc3ccccc3[n+]2C)CNC(=O)c2cccc(n2)C(=O)NC1. The number of thiazole rings is 1. The Balaban J connectivity index is 1.31. The molecule has 4 amide bonds. The maximum atomic E-state index is 13.3. The third kappa shape index (κ3) is 8.03. The molecule has 0 aliphatic carbocycles. The van der Waals surface area contributed by atoms with E-state index in [0.29, 0.717) is 13.1 Å². The van der Waals surface area contributed by atoms with Crippen LogP contribution in [0.2, 0.25) is 0 Å². The summed E-state index contributed by atoms with van der Waals surface area (Å²) in [5.74, 6) is -1.19. The fraction of sp³-hybridized carbons (Fsp3) is 0.289. The molecule has 0 saturated heterocycles. The number of aromatic nitrogens is 3. The molecule has 50 heavy (non-hydrogen) atoms. The highest BCUT2D eigenvalue weighted by Crippen LogP contribution is 2.31. The molecular weight excluding hydrogens is 651 g/mol. The lowest BCUT2D eigenvalue weighted by Gasteiger charge is -2.16. The van der Waals surface area contributed by atoms with Crippen LogP contribution in [0.5, 0.6) is 0 Å². The average Bonchev–Trinajstić information content (AvgIpc) is 3.49. The number of carbonyl (C=O) groups excluding carboxylic acids is 4. The van der Waals surface area contributed by atoms with E-state index >= 15 is 0 Å². The second-order valence-corrected chi connectivity index (χ2v) is 13.4. The number of rotatable bonds is 2. The first-order valence-corrected chi connectivity index (χ1v) is 17.7. The lowest BCUT2D eigenvalue weighted by molar-refractivity contribution is -0.629. The van der Waals surface area contributed by atoms with Crippen LogP contribution < -0.4 is 25.8 Å². The minimum Gasteiger partial charge on any atom is -0.351 e. The number of pyridine rings is 2. The van der Waals surface area contributed by atoms with Crippen molar-refractivity contribution in [3.63, 3.8) is 0 Å². The van der Waals surface area contributed by atoms with Gasteiger partial charge in [-0.05, 0) is 66.3 Å². The minimum absolute atomic E-state index is 0.151. The summed E-state index contributed by atoms with van der Waals surface area (Å²) in [5.41, 5.74) is 4.37. The normalized spacial score (nSPS) is 16.7. The Hall–Kier alpha value is -5.49. The minimum atomic E-state index is -0.392. The Labute approximate surface area is 294 Å². The molecule has 0 unspecified atom stereocenters. The van der Waals surface area contributed by atoms with Gasteiger partial charge in [-0.2, -0.15) is 4.57 Å². The molecule has 256 valence electrons. The lowest BCUT2D eigenvalue weighted by atomic mass is 9.99. The predicted octanol–water partition coefficient (Wildman–Crippen LogP) is 4.71. The number of amides is 4. The zero-order chi connectivity index (χ0) is 35.0. The second-order valence-electron chi connectivity index (χ2n) is 12.3. The van der Waals surface area contributed by atoms with Crippen LogP contribution in [0.1, 0.15) is 85.7 Å². The van der Waals surface area contributed by atoms with Crippen LogP contribution in [-0.4, -0.2) is 46.7 Å². The summed E-state index contributed by atoms with van der Waals surface area (Å²) in [5, 5.41) is 12.8. The molecule has 2 aromatic carbocycles. The van der Waals surface area contributed by atoms with Crippen molar-refractivity contribution in [1.29, 1.82) is 0 Å². The monoisotopic (exact) mass is 690 g/mol. The van der Waals surface area contributed by atoms with E-state index in [4.69, 9.17) is 0 Å². The molecule has 6 bridgehead atoms. The van der Waals surface area contributed by atoms with E-state index in [-0.39, 0.29) is 59.5 Å². The average molecular weight is 691 g/mol. The van der Waals surface area contributed by atoms with Crippen molar-refractivity contribution in [2.24, 2.45) is 13.0 Å². The van der Waals surface area contributed by atoms with Gasteiger partial charge in [-0.15, -0.1) is 0 Å². The molecule has 0 spiro atoms. The van der Waals surface area contributed by atoms with Crippen molar-refractivity contribution >= 4 is 45.2 Å². The van der Waals surface area contributed by atoms with Crippen LogP contribution >= 0.6 is 11.3 Å². The summed E-state index contributed by atoms with van der Waals surface area (Å²) in [7, 11) is 2.01. The molecule has 12 heteroatoms. The van der Waals surface area contributed by atoms with Crippen molar-refractivity contribution in [2.45, 2.75) is 45.7 Å². The van der Waals surface area contributed by atoms with E-state index in [0.717, 1.165) is 57.6 Å². The first kappa shape index (κ1) is 34.4. The number of hydrogen-bond donors (Lipinski definition) is 4. The zero-order valence-electron chi connectivity index (χ0n) is 28.1. The fourth-order valence-corrected chi connectivity index (χ4v) is 7.17. The molecule has 7 rings (SSSR count). The van der Waals surface area contributed by atoms with Gasteiger partial charge in [0.25, 0.3) is 28.6 Å². The van der Waals surface area contributed by atoms with Crippen molar-refractivity contribution < 1.29 is 23.7 Å². The quantitative estimate of drug-likeness (QED) is 0.198. The summed E-state index contributed by atoms with van der Waals surface area (Å²) in [6.45, 7) is 3.46. The van der Waals surface area contributed by atoms with Gasteiger partial charge in [-0.1, -0.05) is 67.5 Å². The zero-order valence-corrected chi connectivity index (χ0v) is 28.9. The van der Waals surface area contributed by atoms with Crippen molar-refractivity contribution in [3.05, 3.63) is 113 Å². The topological polar surface area (TPSA) is 146 Å². The van der Waals surface area contributed by atoms with Crippen LogP contribution in [-0.2, 0) is 20.1 Å². The van der Waals surface area contributed by atoms with Crippen molar-refractivity contribution in [3.8, 4) is 10.6 Å². The van der Waals surface area contributed by atoms with Gasteiger partial charge in [-0.25, -0.2) is 9.97 Å². The van der Waals surface area contributed by atoms with Crippen molar-refractivity contribution in [2.75, 3.05) is 13.1 Å². The summed E-state index contributed by atoms with van der Waals surface area (Å²) in [6.07, 6.45) is 3.37. The molecule has 4 N–H and O–H groups in total. The number of fused-ring (bicyclic) bond motifs is 16. The molecule has 0 saturated carbocycles. The molecule has 0 fully saturated rings. The Morgan fingerprint density at radius 2 is 1.34 bits per heavy atom. The first-order chi connectivity index (χ1) is 24.3. The third-order valence-electron chi connectivity index (χ3n) is 8.92. The lowest BCUT2D eigenvalue weighted by Crippen LogP contribution is -2.31. The van der Waals surface area contributed by atoms with Crippen LogP contribution in [0.15, 0.2) is 78.9 Å². The molecule has 5 heterocycles. The van der Waals surface area contributed by atoms with Crippen LogP contribution in [0, 0.1) is 5.92 Å². The second kappa shape index (κ2) is 15.8. The highest BCUT2D eigenvalue weighted by Gasteiger charge is 2.23. The smallest absolute Gasteiger partial charge is 0.270 e. The molecular formula is C38H40N7O4S+. The number of nitrogens with one attached hydrogen (secondary N) is 4. The van der Waals surface area contributed by atoms with E-state index in [1.54, 1.807) is 47.7 Å². The maximum Gasteiger partial charge on any atom is 0.270 e. The molecule has 2 aliphatic heterocycles. The number of nitrogens with zero attached hydrogens (tertiary/aromatic N) is 3. The highest BCUT2D eigenvalue weighted by atomic mass is 32.1. The van der Waals surface area contributed by atoms with E-state index in [9.17, 15) is 19.2 Å². The van der Waals surface area contributed by atoms with Gasteiger partial charge in [0.1, 0.15) is 34.5 Å². The van der Waals surface area contributed by atoms with Gasteiger partial charge < -0.3 is 21.3 Å². The van der Waals surface area contributed by atoms with Gasteiger partial charge >= 0.3 is 0 Å². The van der Waals surface area contributed by atoms with Crippen LogP contribution in [0.25, 0.3) is 20.8 Å². The molecule has 5 aromatic rings. The van der Waals surface area contributed by atoms with E-state index in [2.05, 4.69) is 54.9 Å². The number of carbonyl (C=O) groups is 4. The Morgan fingerprint density at radius 3 is 2.00 bits per heavy atom. The molecule has 11 nitrogen and oxygen atoms in total. The summed E-state index contributed by atoms with van der Waals surface area (Å²) < 4.78 is 3.23. The van der Waals surface area contributed by atoms with Crippen LogP contribution in [0.4, 0.5) is 0 Å². The van der Waals surface area contributed by atoms with Gasteiger partial charge in [0.05, 0.1) is 5.56 Å². The van der Waals surface area contributed by atoms with Crippen LogP contribution in [0.3, 0.4) is 0 Å². The Bertz CT molecular complexity index is 2060. The number of aryl methyl sites for hydroxylation is 1. The summed E-state index contributed by atoms with van der Waals surface area (Å²) in [4.78, 5) is 61.1. The molecule has 3 aromatic heterocycles. The first-order valence-electron chi connectivity index (χ1n) is 16.9. The molecule has 1 atom stereocenters. The largest absolute Gasteiger partial charge is 0.351 e. The fourth-order valence-electron chi connectivity index (χ4n) is 5.97. The molecule has 2 aliphatic rings. The highest BCUT2D eigenvalue weighted by molar-refractivity contribution is 7.21. The summed E-state index contributed by atoms with van der Waals surface area (Å²) >= 11 is 1.64. The van der Waals surface area contributed by atoms with Gasteiger partial charge in [-0.3, -0.25) is 19.2 Å². The maximum absolute atomic E-state index is 13.3. The number of para-hydroxylation sites is 1. The third-order valence-corrected chi connectivity index (χ3v) is 10.2.